The van der Waals surface area contributed by atoms with Crippen molar-refractivity contribution in [3.8, 4) is 5.75 Å². The molecule has 1 N–H and O–H groups in total. The maximum atomic E-state index is 12.8. The first kappa shape index (κ1) is 19.2. The van der Waals surface area contributed by atoms with E-state index in [0.717, 1.165) is 12.2 Å². The molecule has 0 saturated carbocycles. The summed E-state index contributed by atoms with van der Waals surface area (Å²) in [5, 5.41) is 3.17. The Morgan fingerprint density at radius 2 is 2.07 bits per heavy atom. The molecule has 152 valence electrons. The first-order valence-electron chi connectivity index (χ1n) is 10.6. The van der Waals surface area contributed by atoms with Crippen LogP contribution >= 0.6 is 0 Å². The molecule has 3 heterocycles. The lowest BCUT2D eigenvalue weighted by Crippen LogP contribution is -2.51. The highest BCUT2D eigenvalue weighted by Gasteiger charge is 2.37. The van der Waals surface area contributed by atoms with Gasteiger partial charge in [0.05, 0.1) is 13.0 Å². The normalized spacial score (nSPS) is 28.1. The van der Waals surface area contributed by atoms with Crippen molar-refractivity contribution in [2.45, 2.75) is 44.6 Å². The minimum atomic E-state index is -0.273. The minimum absolute atomic E-state index is 0.00419. The van der Waals surface area contributed by atoms with Crippen molar-refractivity contribution in [2.75, 3.05) is 38.2 Å². The van der Waals surface area contributed by atoms with Crippen LogP contribution in [0.15, 0.2) is 24.3 Å². The largest absolute Gasteiger partial charge is 0.497 e. The molecule has 6 heteroatoms. The molecule has 28 heavy (non-hydrogen) atoms. The summed E-state index contributed by atoms with van der Waals surface area (Å²) >= 11 is 0. The van der Waals surface area contributed by atoms with E-state index in [-0.39, 0.29) is 24.2 Å². The number of nitrogens with one attached hydrogen (secondary N) is 1. The van der Waals surface area contributed by atoms with Crippen LogP contribution in [0, 0.1) is 11.8 Å². The van der Waals surface area contributed by atoms with Crippen molar-refractivity contribution >= 4 is 17.5 Å². The number of piperidine rings is 2. The van der Waals surface area contributed by atoms with Gasteiger partial charge in [-0.2, -0.15) is 0 Å². The summed E-state index contributed by atoms with van der Waals surface area (Å²) in [7, 11) is 1.61. The van der Waals surface area contributed by atoms with Crippen LogP contribution in [0.1, 0.15) is 38.5 Å². The van der Waals surface area contributed by atoms with E-state index < -0.39 is 0 Å². The van der Waals surface area contributed by atoms with Gasteiger partial charge in [0.15, 0.2) is 0 Å². The van der Waals surface area contributed by atoms with Crippen LogP contribution in [0.25, 0.3) is 0 Å². The third-order valence-corrected chi connectivity index (χ3v) is 6.63. The van der Waals surface area contributed by atoms with E-state index in [1.54, 1.807) is 12.0 Å². The number of anilines is 1. The molecule has 0 radical (unpaired) electrons. The molecular formula is C22H31N3O3. The van der Waals surface area contributed by atoms with Gasteiger partial charge in [0, 0.05) is 37.3 Å². The van der Waals surface area contributed by atoms with Crippen LogP contribution in [0.2, 0.25) is 0 Å². The summed E-state index contributed by atoms with van der Waals surface area (Å²) in [6.07, 6.45) is 6.57. The predicted molar refractivity (Wildman–Crippen MR) is 108 cm³/mol. The van der Waals surface area contributed by atoms with Crippen LogP contribution in [-0.2, 0) is 9.59 Å². The number of nitrogens with zero attached hydrogens (tertiary/aromatic N) is 2. The van der Waals surface area contributed by atoms with Crippen molar-refractivity contribution in [1.29, 1.82) is 0 Å². The van der Waals surface area contributed by atoms with E-state index in [2.05, 4.69) is 10.2 Å². The number of carbonyl (C=O) groups is 2. The van der Waals surface area contributed by atoms with Gasteiger partial charge in [0.2, 0.25) is 11.8 Å². The Labute approximate surface area is 167 Å². The summed E-state index contributed by atoms with van der Waals surface area (Å²) in [6.45, 7) is 3.60. The van der Waals surface area contributed by atoms with Gasteiger partial charge in [-0.25, -0.2) is 0 Å². The maximum absolute atomic E-state index is 12.8. The zero-order valence-corrected chi connectivity index (χ0v) is 16.7. The first-order chi connectivity index (χ1) is 13.7. The fourth-order valence-corrected chi connectivity index (χ4v) is 5.10. The predicted octanol–water partition coefficient (Wildman–Crippen LogP) is 2.43. The lowest BCUT2D eigenvalue weighted by atomic mass is 9.83. The van der Waals surface area contributed by atoms with E-state index in [1.807, 2.05) is 24.3 Å². The maximum Gasteiger partial charge on any atom is 0.227 e. The Kier molecular flexibility index (Phi) is 5.85. The van der Waals surface area contributed by atoms with Crippen molar-refractivity contribution in [1.82, 2.24) is 10.2 Å². The highest BCUT2D eigenvalue weighted by atomic mass is 16.5. The van der Waals surface area contributed by atoms with Crippen LogP contribution in [0.3, 0.4) is 0 Å². The quantitative estimate of drug-likeness (QED) is 0.846. The van der Waals surface area contributed by atoms with E-state index in [9.17, 15) is 9.59 Å². The monoisotopic (exact) mass is 385 g/mol. The van der Waals surface area contributed by atoms with Gasteiger partial charge in [-0.3, -0.25) is 9.59 Å². The minimum Gasteiger partial charge on any atom is -0.497 e. The Morgan fingerprint density at radius 3 is 2.93 bits per heavy atom. The Balaban J connectivity index is 1.33. The molecular weight excluding hydrogens is 354 g/mol. The Morgan fingerprint density at radius 1 is 1.21 bits per heavy atom. The molecule has 3 aliphatic rings. The lowest BCUT2D eigenvalue weighted by Gasteiger charge is -2.44. The number of carbonyl (C=O) groups excluding carboxylic acids is 2. The second-order valence-electron chi connectivity index (χ2n) is 8.35. The number of fused-ring (bicyclic) bond motifs is 1. The number of hydrogen-bond donors (Lipinski definition) is 1. The number of ether oxygens (including phenoxy) is 1. The zero-order chi connectivity index (χ0) is 19.5. The van der Waals surface area contributed by atoms with E-state index in [1.165, 1.54) is 45.2 Å². The summed E-state index contributed by atoms with van der Waals surface area (Å²) in [4.78, 5) is 29.6. The third kappa shape index (κ3) is 4.02. The molecule has 0 aromatic heterocycles. The van der Waals surface area contributed by atoms with Crippen LogP contribution in [-0.4, -0.2) is 56.0 Å². The molecule has 1 aromatic carbocycles. The molecule has 3 fully saturated rings. The summed E-state index contributed by atoms with van der Waals surface area (Å²) in [5.74, 6) is 1.01. The number of amides is 2. The molecule has 3 aliphatic heterocycles. The van der Waals surface area contributed by atoms with Crippen LogP contribution in [0.5, 0.6) is 5.75 Å². The van der Waals surface area contributed by atoms with E-state index in [0.29, 0.717) is 24.3 Å². The van der Waals surface area contributed by atoms with Crippen LogP contribution < -0.4 is 15.0 Å². The van der Waals surface area contributed by atoms with Gasteiger partial charge in [0.1, 0.15) is 5.75 Å². The molecule has 2 amide bonds. The second-order valence-corrected chi connectivity index (χ2v) is 8.35. The van der Waals surface area contributed by atoms with Crippen molar-refractivity contribution in [3.05, 3.63) is 24.3 Å². The molecule has 2 unspecified atom stereocenters. The molecule has 0 bridgehead atoms. The average Bonchev–Trinajstić information content (AvgIpc) is 3.13. The zero-order valence-electron chi connectivity index (χ0n) is 16.7. The molecule has 3 atom stereocenters. The SMILES string of the molecule is COc1cccc(N2CC(C(=O)NC[C@@H]3CCCN4CCCCC34)CC2=O)c1. The summed E-state index contributed by atoms with van der Waals surface area (Å²) < 4.78 is 5.25. The number of benzene rings is 1. The molecule has 1 aromatic rings. The topological polar surface area (TPSA) is 61.9 Å². The van der Waals surface area contributed by atoms with Crippen molar-refractivity contribution in [2.24, 2.45) is 11.8 Å². The molecule has 3 saturated heterocycles. The fraction of sp³-hybridized carbons (Fsp3) is 0.636. The van der Waals surface area contributed by atoms with Gasteiger partial charge in [-0.05, 0) is 56.8 Å². The van der Waals surface area contributed by atoms with Gasteiger partial charge >= 0.3 is 0 Å². The molecule has 0 aliphatic carbocycles. The lowest BCUT2D eigenvalue weighted by molar-refractivity contribution is -0.126. The fourth-order valence-electron chi connectivity index (χ4n) is 5.10. The summed E-state index contributed by atoms with van der Waals surface area (Å²) in [6, 6.07) is 8.08. The number of methoxy groups -OCH3 is 1. The summed E-state index contributed by atoms with van der Waals surface area (Å²) in [5.41, 5.74) is 0.796. The van der Waals surface area contributed by atoms with Gasteiger partial charge in [-0.15, -0.1) is 0 Å². The highest BCUT2D eigenvalue weighted by Crippen LogP contribution is 2.31. The smallest absolute Gasteiger partial charge is 0.227 e. The average molecular weight is 386 g/mol. The second kappa shape index (κ2) is 8.52. The van der Waals surface area contributed by atoms with Gasteiger partial charge in [-0.1, -0.05) is 12.5 Å². The van der Waals surface area contributed by atoms with Crippen molar-refractivity contribution < 1.29 is 14.3 Å². The van der Waals surface area contributed by atoms with E-state index >= 15 is 0 Å². The van der Waals surface area contributed by atoms with Crippen LogP contribution in [0.4, 0.5) is 5.69 Å². The Bertz CT molecular complexity index is 721. The third-order valence-electron chi connectivity index (χ3n) is 6.63. The number of hydrogen-bond acceptors (Lipinski definition) is 4. The van der Waals surface area contributed by atoms with E-state index in [4.69, 9.17) is 4.74 Å². The first-order valence-corrected chi connectivity index (χ1v) is 10.6. The Hall–Kier alpha value is -2.08. The number of rotatable bonds is 5. The highest BCUT2D eigenvalue weighted by molar-refractivity contribution is 6.00. The van der Waals surface area contributed by atoms with Crippen molar-refractivity contribution in [3.63, 3.8) is 0 Å². The van der Waals surface area contributed by atoms with Gasteiger partial charge in [0.25, 0.3) is 0 Å². The molecule has 0 spiro atoms. The molecule has 6 nitrogen and oxygen atoms in total. The standard InChI is InChI=1S/C22H31N3O3/c1-28-19-8-4-7-18(13-19)25-15-17(12-21(25)26)22(27)23-14-16-6-5-11-24-10-3-2-9-20(16)24/h4,7-8,13,16-17,20H,2-3,5-6,9-12,14-15H2,1H3,(H,23,27)/t16-,17?,20?/m0/s1. The van der Waals surface area contributed by atoms with Gasteiger partial charge < -0.3 is 19.9 Å². The molecule has 4 rings (SSSR count).